The van der Waals surface area contributed by atoms with E-state index < -0.39 is 20.0 Å². The van der Waals surface area contributed by atoms with Crippen LogP contribution in [-0.2, 0) is 20.0 Å². The molecular weight excluding hydrogens is 431 g/mol. The molecule has 1 N–H and O–H groups in total. The Morgan fingerprint density at radius 2 is 1.37 bits per heavy atom. The SMILES string of the molecule is O=S(=O)(Nc1ccc(Cl)c(Cl)c1)c1ccc(S(=O)(=O)N2CCCCC2)cc1. The Morgan fingerprint density at radius 1 is 0.778 bits per heavy atom. The molecule has 0 saturated carbocycles. The van der Waals surface area contributed by atoms with E-state index in [0.717, 1.165) is 19.3 Å². The van der Waals surface area contributed by atoms with E-state index in [2.05, 4.69) is 4.72 Å². The topological polar surface area (TPSA) is 83.5 Å². The van der Waals surface area contributed by atoms with Crippen molar-refractivity contribution in [1.82, 2.24) is 4.31 Å². The molecule has 3 rings (SSSR count). The van der Waals surface area contributed by atoms with E-state index in [4.69, 9.17) is 23.2 Å². The van der Waals surface area contributed by atoms with Crippen molar-refractivity contribution in [3.8, 4) is 0 Å². The number of hydrogen-bond donors (Lipinski definition) is 1. The average molecular weight is 449 g/mol. The Morgan fingerprint density at radius 3 is 1.96 bits per heavy atom. The van der Waals surface area contributed by atoms with E-state index in [-0.39, 0.29) is 20.5 Å². The minimum absolute atomic E-state index is 0.0498. The van der Waals surface area contributed by atoms with Crippen molar-refractivity contribution in [2.45, 2.75) is 29.1 Å². The summed E-state index contributed by atoms with van der Waals surface area (Å²) < 4.78 is 54.1. The van der Waals surface area contributed by atoms with Crippen molar-refractivity contribution >= 4 is 48.9 Å². The van der Waals surface area contributed by atoms with Crippen LogP contribution < -0.4 is 4.72 Å². The lowest BCUT2D eigenvalue weighted by molar-refractivity contribution is 0.346. The molecule has 1 aliphatic rings. The number of rotatable bonds is 5. The summed E-state index contributed by atoms with van der Waals surface area (Å²) in [6.07, 6.45) is 2.68. The molecule has 0 radical (unpaired) electrons. The van der Waals surface area contributed by atoms with E-state index >= 15 is 0 Å². The molecule has 0 unspecified atom stereocenters. The fraction of sp³-hybridized carbons (Fsp3) is 0.294. The first-order valence-electron chi connectivity index (χ1n) is 8.28. The van der Waals surface area contributed by atoms with E-state index in [1.54, 1.807) is 0 Å². The van der Waals surface area contributed by atoms with Crippen molar-refractivity contribution < 1.29 is 16.8 Å². The van der Waals surface area contributed by atoms with Gasteiger partial charge in [0, 0.05) is 13.1 Å². The number of piperidine rings is 1. The predicted octanol–water partition coefficient (Wildman–Crippen LogP) is 3.97. The average Bonchev–Trinajstić information content (AvgIpc) is 2.65. The Kier molecular flexibility index (Phi) is 6.02. The lowest BCUT2D eigenvalue weighted by Gasteiger charge is -2.25. The third-order valence-corrected chi connectivity index (χ3v) is 8.31. The summed E-state index contributed by atoms with van der Waals surface area (Å²) >= 11 is 11.7. The largest absolute Gasteiger partial charge is 0.280 e. The van der Waals surface area contributed by atoms with E-state index in [0.29, 0.717) is 18.1 Å². The van der Waals surface area contributed by atoms with E-state index in [9.17, 15) is 16.8 Å². The summed E-state index contributed by atoms with van der Waals surface area (Å²) in [5, 5.41) is 0.534. The lowest BCUT2D eigenvalue weighted by Crippen LogP contribution is -2.35. The smallest absolute Gasteiger partial charge is 0.261 e. The van der Waals surface area contributed by atoms with Crippen LogP contribution in [0, 0.1) is 0 Å². The van der Waals surface area contributed by atoms with E-state index in [1.807, 2.05) is 0 Å². The molecule has 1 saturated heterocycles. The van der Waals surface area contributed by atoms with Gasteiger partial charge >= 0.3 is 0 Å². The summed E-state index contributed by atoms with van der Waals surface area (Å²) in [6, 6.07) is 9.54. The Labute approximate surface area is 169 Å². The van der Waals surface area contributed by atoms with Gasteiger partial charge in [-0.1, -0.05) is 29.6 Å². The van der Waals surface area contributed by atoms with Gasteiger partial charge in [0.2, 0.25) is 10.0 Å². The van der Waals surface area contributed by atoms with Gasteiger partial charge in [-0.15, -0.1) is 0 Å². The van der Waals surface area contributed by atoms with Gasteiger partial charge in [-0.2, -0.15) is 4.31 Å². The molecule has 0 amide bonds. The molecule has 1 aliphatic heterocycles. The second-order valence-electron chi connectivity index (χ2n) is 6.17. The molecule has 6 nitrogen and oxygen atoms in total. The predicted molar refractivity (Wildman–Crippen MR) is 106 cm³/mol. The Balaban J connectivity index is 1.82. The zero-order valence-electron chi connectivity index (χ0n) is 14.2. The van der Waals surface area contributed by atoms with Gasteiger partial charge in [-0.3, -0.25) is 4.72 Å². The molecule has 2 aromatic carbocycles. The molecule has 0 atom stereocenters. The third kappa shape index (κ3) is 4.57. The van der Waals surface area contributed by atoms with Crippen molar-refractivity contribution in [3.63, 3.8) is 0 Å². The molecule has 2 aromatic rings. The third-order valence-electron chi connectivity index (χ3n) is 4.26. The number of nitrogens with one attached hydrogen (secondary N) is 1. The highest BCUT2D eigenvalue weighted by atomic mass is 35.5. The number of sulfonamides is 2. The van der Waals surface area contributed by atoms with Gasteiger partial charge in [0.15, 0.2) is 0 Å². The molecule has 1 heterocycles. The van der Waals surface area contributed by atoms with Crippen LogP contribution in [0.15, 0.2) is 52.3 Å². The Bertz CT molecular complexity index is 1030. The fourth-order valence-electron chi connectivity index (χ4n) is 2.82. The maximum Gasteiger partial charge on any atom is 0.261 e. The van der Waals surface area contributed by atoms with Crippen molar-refractivity contribution in [1.29, 1.82) is 0 Å². The van der Waals surface area contributed by atoms with Crippen LogP contribution >= 0.6 is 23.2 Å². The molecule has 146 valence electrons. The van der Waals surface area contributed by atoms with Crippen LogP contribution in [0.5, 0.6) is 0 Å². The van der Waals surface area contributed by atoms with Crippen LogP contribution in [0.4, 0.5) is 5.69 Å². The molecule has 0 bridgehead atoms. The van der Waals surface area contributed by atoms with Crippen LogP contribution in [0.25, 0.3) is 0 Å². The molecular formula is C17H18Cl2N2O4S2. The van der Waals surface area contributed by atoms with Crippen LogP contribution in [0.3, 0.4) is 0 Å². The number of halogens is 2. The van der Waals surface area contributed by atoms with Crippen LogP contribution in [0.1, 0.15) is 19.3 Å². The number of benzene rings is 2. The molecule has 27 heavy (non-hydrogen) atoms. The van der Waals surface area contributed by atoms with Gasteiger partial charge in [0.1, 0.15) is 0 Å². The monoisotopic (exact) mass is 448 g/mol. The van der Waals surface area contributed by atoms with Crippen molar-refractivity contribution in [2.75, 3.05) is 17.8 Å². The highest BCUT2D eigenvalue weighted by molar-refractivity contribution is 7.92. The van der Waals surface area contributed by atoms with Crippen LogP contribution in [0.2, 0.25) is 10.0 Å². The number of anilines is 1. The van der Waals surface area contributed by atoms with Crippen molar-refractivity contribution in [2.24, 2.45) is 0 Å². The minimum Gasteiger partial charge on any atom is -0.280 e. The highest BCUT2D eigenvalue weighted by Gasteiger charge is 2.26. The van der Waals surface area contributed by atoms with Gasteiger partial charge in [0.05, 0.1) is 25.5 Å². The van der Waals surface area contributed by atoms with Gasteiger partial charge in [0.25, 0.3) is 10.0 Å². The summed E-state index contributed by atoms with van der Waals surface area (Å²) in [5.41, 5.74) is 0.259. The first-order chi connectivity index (χ1) is 12.7. The summed E-state index contributed by atoms with van der Waals surface area (Å²) in [5.74, 6) is 0. The number of nitrogens with zero attached hydrogens (tertiary/aromatic N) is 1. The summed E-state index contributed by atoms with van der Waals surface area (Å²) in [7, 11) is -7.50. The summed E-state index contributed by atoms with van der Waals surface area (Å²) in [4.78, 5) is 0.0315. The zero-order chi connectivity index (χ0) is 19.7. The van der Waals surface area contributed by atoms with Crippen molar-refractivity contribution in [3.05, 3.63) is 52.5 Å². The first-order valence-corrected chi connectivity index (χ1v) is 12.0. The van der Waals surface area contributed by atoms with E-state index in [1.165, 1.54) is 46.8 Å². The quantitative estimate of drug-likeness (QED) is 0.749. The molecule has 0 aliphatic carbocycles. The Hall–Kier alpha value is -1.32. The molecule has 1 fully saturated rings. The highest BCUT2D eigenvalue weighted by Crippen LogP contribution is 2.27. The zero-order valence-corrected chi connectivity index (χ0v) is 17.4. The van der Waals surface area contributed by atoms with Gasteiger partial charge in [-0.05, 0) is 55.3 Å². The minimum atomic E-state index is -3.89. The standard InChI is InChI=1S/C17H18Cl2N2O4S2/c18-16-9-4-13(12-17(16)19)20-26(22,23)14-5-7-15(8-6-14)27(24,25)21-10-2-1-3-11-21/h4-9,12,20H,1-3,10-11H2. The summed E-state index contributed by atoms with van der Waals surface area (Å²) in [6.45, 7) is 0.975. The second kappa shape index (κ2) is 7.97. The second-order valence-corrected chi connectivity index (χ2v) is 10.6. The molecule has 10 heteroatoms. The van der Waals surface area contributed by atoms with Crippen LogP contribution in [-0.4, -0.2) is 34.2 Å². The fourth-order valence-corrected chi connectivity index (χ4v) is 5.68. The molecule has 0 spiro atoms. The normalized spacial score (nSPS) is 16.2. The van der Waals surface area contributed by atoms with Gasteiger partial charge in [-0.25, -0.2) is 16.8 Å². The maximum absolute atomic E-state index is 12.6. The van der Waals surface area contributed by atoms with Gasteiger partial charge < -0.3 is 0 Å². The lowest BCUT2D eigenvalue weighted by atomic mass is 10.2. The number of hydrogen-bond acceptors (Lipinski definition) is 4. The first kappa shape index (κ1) is 20.4. The molecule has 0 aromatic heterocycles. The maximum atomic E-state index is 12.6.